The lowest BCUT2D eigenvalue weighted by molar-refractivity contribution is 0.107. The van der Waals surface area contributed by atoms with Crippen LogP contribution in [0, 0.1) is 16.7 Å². The minimum Gasteiger partial charge on any atom is -0.296 e. The highest BCUT2D eigenvalue weighted by Crippen LogP contribution is 2.73. The zero-order valence-electron chi connectivity index (χ0n) is 14.7. The third-order valence-corrected chi connectivity index (χ3v) is 5.44. The van der Waals surface area contributed by atoms with Gasteiger partial charge < -0.3 is 0 Å². The topological polar surface area (TPSA) is 3.24 Å². The van der Waals surface area contributed by atoms with Crippen LogP contribution in [0.3, 0.4) is 0 Å². The molecule has 4 aliphatic rings. The summed E-state index contributed by atoms with van der Waals surface area (Å²) in [4.78, 5) is 1.76. The van der Waals surface area contributed by atoms with Gasteiger partial charge in [-0.15, -0.1) is 0 Å². The predicted molar refractivity (Wildman–Crippen MR) is 66.6 cm³/mol. The van der Waals surface area contributed by atoms with E-state index < -0.39 is 30.0 Å². The number of nitrogens with zero attached hydrogens (tertiary/aromatic N) is 1. The lowest BCUT2D eigenvalue weighted by Gasteiger charge is -2.39. The summed E-state index contributed by atoms with van der Waals surface area (Å²) in [5.74, 6) is -0.196. The van der Waals surface area contributed by atoms with E-state index in [1.54, 1.807) is 4.90 Å². The molecule has 0 N–H and O–H groups in total. The third-order valence-electron chi connectivity index (χ3n) is 5.44. The van der Waals surface area contributed by atoms with Crippen molar-refractivity contribution in [2.45, 2.75) is 64.0 Å². The van der Waals surface area contributed by atoms with Crippen molar-refractivity contribution in [1.82, 2.24) is 4.90 Å². The van der Waals surface area contributed by atoms with Gasteiger partial charge in [0.15, 0.2) is 0 Å². The number of alkyl halides is 1. The van der Waals surface area contributed by atoms with Crippen LogP contribution < -0.4 is 0 Å². The Hall–Kier alpha value is -0.110. The molecule has 0 unspecified atom stereocenters. The SMILES string of the molecule is [2H]C1([2H])N2CCC3(CC3)[C@@]2(C([2H])([2H])C(C)C)C[C@]12C[C@@H]2F. The Bertz CT molecular complexity index is 504. The van der Waals surface area contributed by atoms with E-state index in [2.05, 4.69) is 0 Å². The molecule has 3 atom stereocenters. The average molecular weight is 241 g/mol. The van der Waals surface area contributed by atoms with Crippen LogP contribution in [-0.4, -0.2) is 29.7 Å². The first-order valence-electron chi connectivity index (χ1n) is 8.99. The molecule has 2 aliphatic heterocycles. The fourth-order valence-electron chi connectivity index (χ4n) is 4.34. The van der Waals surface area contributed by atoms with Crippen LogP contribution in [0.2, 0.25) is 0 Å². The first kappa shape index (κ1) is 7.47. The van der Waals surface area contributed by atoms with Gasteiger partial charge in [0.05, 0.1) is 0 Å². The molecule has 0 aromatic carbocycles. The summed E-state index contributed by atoms with van der Waals surface area (Å²) < 4.78 is 48.8. The van der Waals surface area contributed by atoms with Crippen LogP contribution >= 0.6 is 0 Å². The standard InChI is InChI=1S/C15H24FN/c1-11(2)7-15-9-13(8-12(13)16)10-17(15)6-5-14(15)3-4-14/h11-12H,3-10H2,1-2H3/t12-,13+,15+/m0/s1/i7D2,10D2. The lowest BCUT2D eigenvalue weighted by Crippen LogP contribution is -2.45. The van der Waals surface area contributed by atoms with Crippen LogP contribution in [0.15, 0.2) is 0 Å². The molecule has 0 bridgehead atoms. The second-order valence-electron chi connectivity index (χ2n) is 6.96. The largest absolute Gasteiger partial charge is 0.296 e. The number of fused-ring (bicyclic) bond motifs is 2. The smallest absolute Gasteiger partial charge is 0.108 e. The van der Waals surface area contributed by atoms with E-state index in [0.29, 0.717) is 13.0 Å². The molecule has 2 spiro atoms. The second kappa shape index (κ2) is 2.89. The molecule has 4 fully saturated rings. The Morgan fingerprint density at radius 3 is 2.71 bits per heavy atom. The lowest BCUT2D eigenvalue weighted by atomic mass is 9.72. The molecule has 0 aromatic heterocycles. The Balaban J connectivity index is 1.89. The second-order valence-corrected chi connectivity index (χ2v) is 6.96. The molecule has 4 rings (SSSR count). The van der Waals surface area contributed by atoms with E-state index in [9.17, 15) is 4.39 Å². The highest BCUT2D eigenvalue weighted by Gasteiger charge is 2.74. The minimum absolute atomic E-state index is 0.111. The van der Waals surface area contributed by atoms with E-state index in [1.807, 2.05) is 13.8 Å². The summed E-state index contributed by atoms with van der Waals surface area (Å²) in [6, 6.07) is 0. The Morgan fingerprint density at radius 2 is 2.18 bits per heavy atom. The van der Waals surface area contributed by atoms with Crippen molar-refractivity contribution in [2.24, 2.45) is 16.7 Å². The van der Waals surface area contributed by atoms with Crippen LogP contribution in [0.1, 0.15) is 57.8 Å². The van der Waals surface area contributed by atoms with Gasteiger partial charge in [-0.2, -0.15) is 0 Å². The average Bonchev–Trinajstić information content (AvgIpc) is 3.20. The summed E-state index contributed by atoms with van der Waals surface area (Å²) in [6.07, 6.45) is 0.846. The number of hydrogen-bond donors (Lipinski definition) is 0. The third kappa shape index (κ3) is 1.18. The van der Waals surface area contributed by atoms with Crippen LogP contribution in [-0.2, 0) is 0 Å². The first-order chi connectivity index (χ1) is 9.57. The van der Waals surface area contributed by atoms with Gasteiger partial charge in [0, 0.05) is 22.9 Å². The molecule has 0 amide bonds. The van der Waals surface area contributed by atoms with Crippen molar-refractivity contribution in [3.8, 4) is 0 Å². The molecule has 2 heterocycles. The van der Waals surface area contributed by atoms with Crippen LogP contribution in [0.5, 0.6) is 0 Å². The molecular weight excluding hydrogens is 213 g/mol. The molecule has 2 aliphatic carbocycles. The van der Waals surface area contributed by atoms with E-state index in [1.165, 1.54) is 0 Å². The molecule has 0 aromatic rings. The monoisotopic (exact) mass is 241 g/mol. The molecule has 17 heavy (non-hydrogen) atoms. The fourth-order valence-corrected chi connectivity index (χ4v) is 4.34. The van der Waals surface area contributed by atoms with Gasteiger partial charge in [-0.05, 0) is 56.4 Å². The van der Waals surface area contributed by atoms with Gasteiger partial charge >= 0.3 is 0 Å². The highest BCUT2D eigenvalue weighted by molar-refractivity contribution is 5.27. The van der Waals surface area contributed by atoms with E-state index in [0.717, 1.165) is 19.3 Å². The van der Waals surface area contributed by atoms with Crippen LogP contribution in [0.4, 0.5) is 4.39 Å². The Morgan fingerprint density at radius 1 is 1.47 bits per heavy atom. The first-order valence-corrected chi connectivity index (χ1v) is 6.99. The van der Waals surface area contributed by atoms with E-state index in [4.69, 9.17) is 5.48 Å². The van der Waals surface area contributed by atoms with Gasteiger partial charge in [-0.25, -0.2) is 4.39 Å². The zero-order chi connectivity index (χ0) is 15.5. The zero-order valence-corrected chi connectivity index (χ0v) is 10.7. The maximum absolute atomic E-state index is 14.1. The predicted octanol–water partition coefficient (Wildman–Crippen LogP) is 3.39. The van der Waals surface area contributed by atoms with Gasteiger partial charge in [-0.1, -0.05) is 13.8 Å². The van der Waals surface area contributed by atoms with Gasteiger partial charge in [0.2, 0.25) is 0 Å². The van der Waals surface area contributed by atoms with Crippen molar-refractivity contribution < 1.29 is 9.87 Å². The van der Waals surface area contributed by atoms with Gasteiger partial charge in [-0.3, -0.25) is 4.90 Å². The molecule has 2 saturated heterocycles. The van der Waals surface area contributed by atoms with Crippen LogP contribution in [0.25, 0.3) is 0 Å². The molecule has 0 radical (unpaired) electrons. The van der Waals surface area contributed by atoms with E-state index >= 15 is 0 Å². The number of halogens is 1. The molecule has 2 saturated carbocycles. The van der Waals surface area contributed by atoms with Crippen molar-refractivity contribution in [3.05, 3.63) is 0 Å². The van der Waals surface area contributed by atoms with Crippen molar-refractivity contribution in [1.29, 1.82) is 0 Å². The van der Waals surface area contributed by atoms with Gasteiger partial charge in [0.1, 0.15) is 6.17 Å². The summed E-state index contributed by atoms with van der Waals surface area (Å²) in [7, 11) is 0. The summed E-state index contributed by atoms with van der Waals surface area (Å²) in [5, 5.41) is 0. The summed E-state index contributed by atoms with van der Waals surface area (Å²) in [5.41, 5.74) is -1.87. The maximum Gasteiger partial charge on any atom is 0.108 e. The maximum atomic E-state index is 14.1. The number of rotatable bonds is 2. The van der Waals surface area contributed by atoms with Gasteiger partial charge in [0.25, 0.3) is 0 Å². The van der Waals surface area contributed by atoms with E-state index in [-0.39, 0.29) is 17.8 Å². The Labute approximate surface area is 109 Å². The Kier molecular flexibility index (Phi) is 1.27. The summed E-state index contributed by atoms with van der Waals surface area (Å²) >= 11 is 0. The normalized spacial score (nSPS) is 57.8. The van der Waals surface area contributed by atoms with Crippen molar-refractivity contribution >= 4 is 0 Å². The van der Waals surface area contributed by atoms with Crippen molar-refractivity contribution in [2.75, 3.05) is 13.0 Å². The minimum atomic E-state index is -1.71. The fraction of sp³-hybridized carbons (Fsp3) is 1.00. The quantitative estimate of drug-likeness (QED) is 0.716. The molecular formula is C15H24FN. The van der Waals surface area contributed by atoms with Crippen molar-refractivity contribution in [3.63, 3.8) is 0 Å². The molecule has 96 valence electrons. The highest BCUT2D eigenvalue weighted by atomic mass is 19.1. The number of hydrogen-bond acceptors (Lipinski definition) is 1. The molecule has 2 heteroatoms. The summed E-state index contributed by atoms with van der Waals surface area (Å²) in [6.45, 7) is 2.62. The molecule has 1 nitrogen and oxygen atoms in total.